The lowest BCUT2D eigenvalue weighted by Crippen LogP contribution is -2.32. The van der Waals surface area contributed by atoms with Crippen molar-refractivity contribution >= 4 is 11.9 Å². The van der Waals surface area contributed by atoms with Crippen molar-refractivity contribution in [2.24, 2.45) is 0 Å². The minimum absolute atomic E-state index is 0.183. The highest BCUT2D eigenvalue weighted by Crippen LogP contribution is 1.92. The smallest absolute Gasteiger partial charge is 0.332 e. The van der Waals surface area contributed by atoms with Crippen molar-refractivity contribution < 1.29 is 19.4 Å². The van der Waals surface area contributed by atoms with Gasteiger partial charge in [-0.3, -0.25) is 4.79 Å². The van der Waals surface area contributed by atoms with Gasteiger partial charge in [-0.25, -0.2) is 4.79 Å². The first kappa shape index (κ1) is 11.9. The Kier molecular flexibility index (Phi) is 5.06. The summed E-state index contributed by atoms with van der Waals surface area (Å²) in [7, 11) is 1.64. The van der Waals surface area contributed by atoms with E-state index in [-0.39, 0.29) is 12.5 Å². The van der Waals surface area contributed by atoms with E-state index in [9.17, 15) is 9.59 Å². The van der Waals surface area contributed by atoms with E-state index in [2.05, 4.69) is 0 Å². The zero-order chi connectivity index (χ0) is 10.4. The fourth-order valence-corrected chi connectivity index (χ4v) is 0.554. The van der Waals surface area contributed by atoms with Crippen LogP contribution in [0.2, 0.25) is 0 Å². The predicted molar refractivity (Wildman–Crippen MR) is 46.4 cm³/mol. The molecule has 0 aromatic carbocycles. The van der Waals surface area contributed by atoms with Gasteiger partial charge in [0.25, 0.3) is 0 Å². The van der Waals surface area contributed by atoms with Crippen LogP contribution in [0, 0.1) is 0 Å². The second-order valence-corrected chi connectivity index (χ2v) is 2.70. The van der Waals surface area contributed by atoms with Crippen LogP contribution in [0.1, 0.15) is 13.8 Å². The number of likely N-dealkylation sites (N-methyl/N-ethyl adjacent to an activating group) is 1. The number of carbonyl (C=O) groups excluding carboxylic acids is 1. The van der Waals surface area contributed by atoms with Crippen LogP contribution in [0.3, 0.4) is 0 Å². The molecule has 1 amide bonds. The van der Waals surface area contributed by atoms with Gasteiger partial charge in [0, 0.05) is 13.6 Å². The summed E-state index contributed by atoms with van der Waals surface area (Å²) in [6.45, 7) is 3.63. The van der Waals surface area contributed by atoms with Crippen LogP contribution < -0.4 is 0 Å². The molecule has 0 aromatic rings. The molecule has 0 heterocycles. The lowest BCUT2D eigenvalue weighted by Gasteiger charge is -2.15. The molecule has 0 radical (unpaired) electrons. The van der Waals surface area contributed by atoms with Gasteiger partial charge in [0.05, 0.1) is 0 Å². The topological polar surface area (TPSA) is 66.8 Å². The zero-order valence-electron chi connectivity index (χ0n) is 8.11. The summed E-state index contributed by atoms with van der Waals surface area (Å²) >= 11 is 0. The fourth-order valence-electron chi connectivity index (χ4n) is 0.554. The maximum Gasteiger partial charge on any atom is 0.332 e. The number of hydrogen-bond donors (Lipinski definition) is 1. The van der Waals surface area contributed by atoms with Crippen molar-refractivity contribution in [1.29, 1.82) is 0 Å². The molecule has 0 aliphatic carbocycles. The summed E-state index contributed by atoms with van der Waals surface area (Å²) in [5, 5.41) is 8.44. The molecule has 1 atom stereocenters. The molecule has 76 valence electrons. The Morgan fingerprint density at radius 2 is 2.08 bits per heavy atom. The third kappa shape index (κ3) is 4.47. The van der Waals surface area contributed by atoms with E-state index in [1.165, 1.54) is 11.8 Å². The molecule has 0 aromatic heterocycles. The first-order valence-electron chi connectivity index (χ1n) is 4.07. The highest BCUT2D eigenvalue weighted by atomic mass is 16.5. The van der Waals surface area contributed by atoms with Crippen molar-refractivity contribution in [3.05, 3.63) is 0 Å². The maximum absolute atomic E-state index is 11.1. The van der Waals surface area contributed by atoms with Crippen LogP contribution in [0.5, 0.6) is 0 Å². The van der Waals surface area contributed by atoms with E-state index in [1.54, 1.807) is 7.05 Å². The van der Waals surface area contributed by atoms with Crippen molar-refractivity contribution in [3.63, 3.8) is 0 Å². The molecule has 13 heavy (non-hydrogen) atoms. The summed E-state index contributed by atoms with van der Waals surface area (Å²) in [5.74, 6) is -1.28. The molecule has 0 spiro atoms. The SMILES string of the molecule is CCN(C)C(=O)CO[C@@H](C)C(=O)O. The highest BCUT2D eigenvalue weighted by Gasteiger charge is 2.14. The molecule has 0 saturated heterocycles. The van der Waals surface area contributed by atoms with Crippen molar-refractivity contribution in [2.45, 2.75) is 20.0 Å². The first-order chi connectivity index (χ1) is 5.99. The third-order valence-corrected chi connectivity index (χ3v) is 1.70. The molecular weight excluding hydrogens is 174 g/mol. The number of amides is 1. The van der Waals surface area contributed by atoms with Gasteiger partial charge in [0.15, 0.2) is 6.10 Å². The molecule has 5 nitrogen and oxygen atoms in total. The molecule has 0 fully saturated rings. The monoisotopic (exact) mass is 189 g/mol. The molecular formula is C8H15NO4. The minimum atomic E-state index is -1.06. The van der Waals surface area contributed by atoms with Crippen LogP contribution in [-0.4, -0.2) is 48.2 Å². The fraction of sp³-hybridized carbons (Fsp3) is 0.750. The number of carboxylic acid groups (broad SMARTS) is 1. The van der Waals surface area contributed by atoms with E-state index < -0.39 is 12.1 Å². The second kappa shape index (κ2) is 5.53. The number of carbonyl (C=O) groups is 2. The van der Waals surface area contributed by atoms with E-state index >= 15 is 0 Å². The Balaban J connectivity index is 3.76. The molecule has 0 unspecified atom stereocenters. The number of carboxylic acids is 1. The van der Waals surface area contributed by atoms with Crippen molar-refractivity contribution in [2.75, 3.05) is 20.2 Å². The Bertz CT molecular complexity index is 193. The largest absolute Gasteiger partial charge is 0.479 e. The Hall–Kier alpha value is -1.10. The maximum atomic E-state index is 11.1. The summed E-state index contributed by atoms with van der Waals surface area (Å²) in [6.07, 6.45) is -0.936. The van der Waals surface area contributed by atoms with Gasteiger partial charge in [-0.05, 0) is 13.8 Å². The van der Waals surface area contributed by atoms with Crippen LogP contribution in [0.25, 0.3) is 0 Å². The number of aliphatic carboxylic acids is 1. The number of nitrogens with zero attached hydrogens (tertiary/aromatic N) is 1. The van der Waals surface area contributed by atoms with E-state index in [0.717, 1.165) is 0 Å². The van der Waals surface area contributed by atoms with Crippen LogP contribution in [0.15, 0.2) is 0 Å². The molecule has 0 aliphatic rings. The molecule has 0 saturated carbocycles. The number of rotatable bonds is 5. The Morgan fingerprint density at radius 1 is 1.54 bits per heavy atom. The summed E-state index contributed by atoms with van der Waals surface area (Å²) in [6, 6.07) is 0. The third-order valence-electron chi connectivity index (χ3n) is 1.70. The summed E-state index contributed by atoms with van der Waals surface area (Å²) in [5.41, 5.74) is 0. The quantitative estimate of drug-likeness (QED) is 0.658. The van der Waals surface area contributed by atoms with Crippen LogP contribution >= 0.6 is 0 Å². The second-order valence-electron chi connectivity index (χ2n) is 2.70. The average molecular weight is 189 g/mol. The molecule has 5 heteroatoms. The molecule has 0 aliphatic heterocycles. The van der Waals surface area contributed by atoms with Gasteiger partial charge in [-0.15, -0.1) is 0 Å². The Morgan fingerprint density at radius 3 is 2.46 bits per heavy atom. The molecule has 0 bridgehead atoms. The average Bonchev–Trinajstić information content (AvgIpc) is 2.11. The van der Waals surface area contributed by atoms with E-state index in [4.69, 9.17) is 9.84 Å². The molecule has 0 rings (SSSR count). The summed E-state index contributed by atoms with van der Waals surface area (Å²) in [4.78, 5) is 22.9. The van der Waals surface area contributed by atoms with Gasteiger partial charge in [-0.1, -0.05) is 0 Å². The van der Waals surface area contributed by atoms with Crippen LogP contribution in [0.4, 0.5) is 0 Å². The van der Waals surface area contributed by atoms with Gasteiger partial charge in [-0.2, -0.15) is 0 Å². The van der Waals surface area contributed by atoms with E-state index in [1.807, 2.05) is 6.92 Å². The van der Waals surface area contributed by atoms with Gasteiger partial charge in [0.1, 0.15) is 6.61 Å². The van der Waals surface area contributed by atoms with Gasteiger partial charge in [0.2, 0.25) is 5.91 Å². The van der Waals surface area contributed by atoms with Crippen LogP contribution in [-0.2, 0) is 14.3 Å². The van der Waals surface area contributed by atoms with Crippen molar-refractivity contribution in [3.8, 4) is 0 Å². The standard InChI is InChI=1S/C8H15NO4/c1-4-9(3)7(10)5-13-6(2)8(11)12/h6H,4-5H2,1-3H3,(H,11,12)/t6-/m0/s1. The first-order valence-corrected chi connectivity index (χ1v) is 4.07. The predicted octanol–water partition coefficient (Wildman–Crippen LogP) is -0.0456. The zero-order valence-corrected chi connectivity index (χ0v) is 8.11. The van der Waals surface area contributed by atoms with Crippen molar-refractivity contribution in [1.82, 2.24) is 4.90 Å². The highest BCUT2D eigenvalue weighted by molar-refractivity contribution is 5.78. The number of hydrogen-bond acceptors (Lipinski definition) is 3. The van der Waals surface area contributed by atoms with Gasteiger partial charge >= 0.3 is 5.97 Å². The Labute approximate surface area is 77.3 Å². The van der Waals surface area contributed by atoms with E-state index in [0.29, 0.717) is 6.54 Å². The normalized spacial score (nSPS) is 12.2. The minimum Gasteiger partial charge on any atom is -0.479 e. The summed E-state index contributed by atoms with van der Waals surface area (Å²) < 4.78 is 4.80. The lowest BCUT2D eigenvalue weighted by molar-refractivity contribution is -0.152. The lowest BCUT2D eigenvalue weighted by atomic mass is 10.4. The van der Waals surface area contributed by atoms with Gasteiger partial charge < -0.3 is 14.7 Å². The molecule has 1 N–H and O–H groups in total. The number of ether oxygens (including phenoxy) is 1.